The van der Waals surface area contributed by atoms with Gasteiger partial charge in [-0.15, -0.1) is 16.8 Å². The molecule has 0 bridgehead atoms. The molecular weight excluding hydrogens is 372 g/mol. The van der Waals surface area contributed by atoms with Crippen molar-refractivity contribution in [1.82, 2.24) is 25.4 Å². The van der Waals surface area contributed by atoms with Crippen molar-refractivity contribution < 1.29 is 0 Å². The van der Waals surface area contributed by atoms with Crippen molar-refractivity contribution in [3.05, 3.63) is 96.1 Å². The lowest BCUT2D eigenvalue weighted by atomic mass is 9.92. The third-order valence-electron chi connectivity index (χ3n) is 5.09. The number of aliphatic imine (C=N–C) groups is 1. The van der Waals surface area contributed by atoms with E-state index in [1.807, 2.05) is 24.6 Å². The average molecular weight is 403 g/mol. The van der Waals surface area contributed by atoms with Crippen LogP contribution in [0.1, 0.15) is 28.7 Å². The Hall–Kier alpha value is -3.41. The summed E-state index contributed by atoms with van der Waals surface area (Å²) in [5.41, 5.74) is 2.63. The molecule has 0 amide bonds. The molecule has 3 aromatic rings. The van der Waals surface area contributed by atoms with Crippen LogP contribution in [0.25, 0.3) is 0 Å². The lowest BCUT2D eigenvalue weighted by molar-refractivity contribution is 0.645. The number of hydrogen-bond donors (Lipinski definition) is 2. The van der Waals surface area contributed by atoms with E-state index in [0.717, 1.165) is 30.6 Å². The van der Waals surface area contributed by atoms with Crippen molar-refractivity contribution >= 4 is 5.96 Å². The molecule has 3 rings (SSSR count). The molecule has 2 aromatic carbocycles. The summed E-state index contributed by atoms with van der Waals surface area (Å²) in [6.07, 6.45) is 2.78. The number of aromatic nitrogens is 3. The molecule has 30 heavy (non-hydrogen) atoms. The molecule has 0 saturated heterocycles. The van der Waals surface area contributed by atoms with Crippen LogP contribution < -0.4 is 10.6 Å². The molecule has 0 saturated carbocycles. The van der Waals surface area contributed by atoms with E-state index in [9.17, 15) is 0 Å². The van der Waals surface area contributed by atoms with Gasteiger partial charge in [-0.2, -0.15) is 0 Å². The molecule has 0 fully saturated rings. The Morgan fingerprint density at radius 1 is 1.07 bits per heavy atom. The highest BCUT2D eigenvalue weighted by atomic mass is 15.3. The second-order valence-corrected chi connectivity index (χ2v) is 7.24. The van der Waals surface area contributed by atoms with E-state index >= 15 is 0 Å². The molecule has 6 heteroatoms. The zero-order valence-corrected chi connectivity index (χ0v) is 17.8. The molecule has 2 N–H and O–H groups in total. The van der Waals surface area contributed by atoms with Gasteiger partial charge in [0.05, 0.1) is 0 Å². The maximum Gasteiger partial charge on any atom is 0.191 e. The summed E-state index contributed by atoms with van der Waals surface area (Å²) in [6, 6.07) is 21.2. The summed E-state index contributed by atoms with van der Waals surface area (Å²) < 4.78 is 1.96. The third-order valence-corrected chi connectivity index (χ3v) is 5.09. The molecule has 1 aromatic heterocycles. The Bertz CT molecular complexity index is 946. The van der Waals surface area contributed by atoms with Crippen LogP contribution >= 0.6 is 0 Å². The number of nitrogens with one attached hydrogen (secondary N) is 2. The molecule has 0 radical (unpaired) electrons. The average Bonchev–Trinajstić information content (AvgIpc) is 3.11. The van der Waals surface area contributed by atoms with E-state index in [-0.39, 0.29) is 0 Å². The van der Waals surface area contributed by atoms with Crippen molar-refractivity contribution in [3.8, 4) is 0 Å². The highest BCUT2D eigenvalue weighted by Gasteiger charge is 2.13. The van der Waals surface area contributed by atoms with E-state index in [1.165, 1.54) is 11.1 Å². The second kappa shape index (κ2) is 11.0. The first kappa shape index (κ1) is 21.3. The Morgan fingerprint density at radius 2 is 1.77 bits per heavy atom. The van der Waals surface area contributed by atoms with Gasteiger partial charge in [-0.1, -0.05) is 66.7 Å². The van der Waals surface area contributed by atoms with E-state index < -0.39 is 0 Å². The fraction of sp³-hybridized carbons (Fsp3) is 0.292. The van der Waals surface area contributed by atoms with Gasteiger partial charge in [0.2, 0.25) is 0 Å². The summed E-state index contributed by atoms with van der Waals surface area (Å²) in [7, 11) is 1.95. The maximum absolute atomic E-state index is 4.70. The summed E-state index contributed by atoms with van der Waals surface area (Å²) in [5.74, 6) is 2.77. The second-order valence-electron chi connectivity index (χ2n) is 7.24. The van der Waals surface area contributed by atoms with E-state index in [2.05, 4.69) is 88.1 Å². The number of rotatable bonds is 9. The summed E-state index contributed by atoms with van der Waals surface area (Å²) >= 11 is 0. The van der Waals surface area contributed by atoms with E-state index in [1.54, 1.807) is 0 Å². The van der Waals surface area contributed by atoms with Crippen LogP contribution in [-0.2, 0) is 20.0 Å². The van der Waals surface area contributed by atoms with Gasteiger partial charge in [0.1, 0.15) is 12.4 Å². The minimum atomic E-state index is 0.321. The molecule has 1 unspecified atom stereocenters. The third kappa shape index (κ3) is 6.04. The standard InChI is InChI=1S/C24H30N6/c1-4-15-25-24(27-18-23-29-28-19(2)30(23)3)26-17-22(21-13-9-6-10-14-21)16-20-11-7-5-8-12-20/h4-14,22H,1,15-18H2,2-3H3,(H2,25,26,27). The molecule has 0 aliphatic carbocycles. The molecule has 6 nitrogen and oxygen atoms in total. The summed E-state index contributed by atoms with van der Waals surface area (Å²) in [6.45, 7) is 7.59. The molecule has 0 aliphatic rings. The Morgan fingerprint density at radius 3 is 2.40 bits per heavy atom. The first-order valence-corrected chi connectivity index (χ1v) is 10.2. The highest BCUT2D eigenvalue weighted by molar-refractivity contribution is 5.80. The minimum absolute atomic E-state index is 0.321. The van der Waals surface area contributed by atoms with Crippen LogP contribution in [0.5, 0.6) is 0 Å². The number of guanidine groups is 1. The molecule has 156 valence electrons. The predicted molar refractivity (Wildman–Crippen MR) is 122 cm³/mol. The van der Waals surface area contributed by atoms with Gasteiger partial charge in [0, 0.05) is 26.1 Å². The molecule has 1 atom stereocenters. The molecule has 0 spiro atoms. The van der Waals surface area contributed by atoms with Crippen LogP contribution in [0.2, 0.25) is 0 Å². The Balaban J connectivity index is 1.72. The van der Waals surface area contributed by atoms with Crippen molar-refractivity contribution in [2.45, 2.75) is 25.8 Å². The van der Waals surface area contributed by atoms with Crippen molar-refractivity contribution in [2.24, 2.45) is 12.0 Å². The number of hydrogen-bond acceptors (Lipinski definition) is 3. The zero-order valence-electron chi connectivity index (χ0n) is 17.8. The number of benzene rings is 2. The van der Waals surface area contributed by atoms with Gasteiger partial charge in [-0.3, -0.25) is 0 Å². The van der Waals surface area contributed by atoms with Gasteiger partial charge in [0.15, 0.2) is 11.8 Å². The van der Waals surface area contributed by atoms with E-state index in [0.29, 0.717) is 19.0 Å². The minimum Gasteiger partial charge on any atom is -0.356 e. The normalized spacial score (nSPS) is 12.4. The SMILES string of the molecule is C=CCNC(=NCc1nnc(C)n1C)NCC(Cc1ccccc1)c1ccccc1. The Kier molecular flexibility index (Phi) is 7.78. The summed E-state index contributed by atoms with van der Waals surface area (Å²) in [4.78, 5) is 4.70. The number of aryl methyl sites for hydroxylation is 1. The molecule has 1 heterocycles. The lowest BCUT2D eigenvalue weighted by Gasteiger charge is -2.20. The van der Waals surface area contributed by atoms with Crippen LogP contribution in [0, 0.1) is 6.92 Å². The van der Waals surface area contributed by atoms with Crippen molar-refractivity contribution in [2.75, 3.05) is 13.1 Å². The highest BCUT2D eigenvalue weighted by Crippen LogP contribution is 2.20. The zero-order chi connectivity index (χ0) is 21.2. The van der Waals surface area contributed by atoms with Gasteiger partial charge in [-0.05, 0) is 24.5 Å². The smallest absolute Gasteiger partial charge is 0.191 e. The topological polar surface area (TPSA) is 67.1 Å². The van der Waals surface area contributed by atoms with Gasteiger partial charge in [0.25, 0.3) is 0 Å². The van der Waals surface area contributed by atoms with Crippen LogP contribution in [0.3, 0.4) is 0 Å². The summed E-state index contributed by atoms with van der Waals surface area (Å²) in [5, 5.41) is 15.1. The van der Waals surface area contributed by atoms with Gasteiger partial charge >= 0.3 is 0 Å². The number of nitrogens with zero attached hydrogens (tertiary/aromatic N) is 4. The van der Waals surface area contributed by atoms with E-state index in [4.69, 9.17) is 4.99 Å². The predicted octanol–water partition coefficient (Wildman–Crippen LogP) is 3.37. The monoisotopic (exact) mass is 402 g/mol. The van der Waals surface area contributed by atoms with Crippen LogP contribution in [-0.4, -0.2) is 33.8 Å². The first-order valence-electron chi connectivity index (χ1n) is 10.2. The van der Waals surface area contributed by atoms with Crippen molar-refractivity contribution in [1.29, 1.82) is 0 Å². The van der Waals surface area contributed by atoms with Gasteiger partial charge < -0.3 is 15.2 Å². The fourth-order valence-electron chi connectivity index (χ4n) is 3.23. The first-order chi connectivity index (χ1) is 14.7. The molecular formula is C24H30N6. The Labute approximate surface area is 178 Å². The quantitative estimate of drug-likeness (QED) is 0.327. The largest absolute Gasteiger partial charge is 0.356 e. The maximum atomic E-state index is 4.70. The lowest BCUT2D eigenvalue weighted by Crippen LogP contribution is -2.40. The van der Waals surface area contributed by atoms with Crippen LogP contribution in [0.15, 0.2) is 78.3 Å². The van der Waals surface area contributed by atoms with Crippen LogP contribution in [0.4, 0.5) is 0 Å². The molecule has 0 aliphatic heterocycles. The van der Waals surface area contributed by atoms with Crippen molar-refractivity contribution in [3.63, 3.8) is 0 Å². The fourth-order valence-corrected chi connectivity index (χ4v) is 3.23. The van der Waals surface area contributed by atoms with Gasteiger partial charge in [-0.25, -0.2) is 4.99 Å².